The molecule has 0 fully saturated rings. The van der Waals surface area contributed by atoms with Gasteiger partial charge in [0.2, 0.25) is 5.88 Å². The van der Waals surface area contributed by atoms with E-state index in [1.807, 2.05) is 0 Å². The Morgan fingerprint density at radius 2 is 2.31 bits per heavy atom. The number of aromatic nitrogens is 1. The minimum atomic E-state index is -1.09. The van der Waals surface area contributed by atoms with Crippen molar-refractivity contribution < 1.29 is 14.6 Å². The fraction of sp³-hybridized carbons (Fsp3) is 0.250. The second-order valence-electron chi connectivity index (χ2n) is 2.46. The quantitative estimate of drug-likeness (QED) is 0.741. The summed E-state index contributed by atoms with van der Waals surface area (Å²) in [5.74, 6) is -0.752. The first-order valence-corrected chi connectivity index (χ1v) is 3.88. The van der Waals surface area contributed by atoms with Crippen LogP contribution in [0.5, 0.6) is 5.88 Å². The number of aryl methyl sites for hydroxylation is 1. The van der Waals surface area contributed by atoms with Crippen molar-refractivity contribution in [1.82, 2.24) is 4.98 Å². The molecule has 4 nitrogen and oxygen atoms in total. The van der Waals surface area contributed by atoms with E-state index in [4.69, 9.17) is 21.4 Å². The third-order valence-electron chi connectivity index (χ3n) is 1.54. The molecule has 0 aliphatic heterocycles. The van der Waals surface area contributed by atoms with Crippen molar-refractivity contribution in [2.45, 2.75) is 6.92 Å². The Morgan fingerprint density at radius 3 is 2.77 bits per heavy atom. The Kier molecular flexibility index (Phi) is 2.72. The molecular weight excluding hydrogens is 194 g/mol. The number of hydrogen-bond donors (Lipinski definition) is 1. The van der Waals surface area contributed by atoms with E-state index in [2.05, 4.69) is 4.98 Å². The SMILES string of the molecule is COc1nc(Cl)c(C(=O)O)cc1C. The lowest BCUT2D eigenvalue weighted by molar-refractivity contribution is 0.0696. The molecule has 1 rings (SSSR count). The summed E-state index contributed by atoms with van der Waals surface area (Å²) in [5, 5.41) is 8.63. The number of hydrogen-bond acceptors (Lipinski definition) is 3. The van der Waals surface area contributed by atoms with E-state index in [1.54, 1.807) is 6.92 Å². The molecule has 0 radical (unpaired) electrons. The Hall–Kier alpha value is -1.29. The van der Waals surface area contributed by atoms with Gasteiger partial charge in [0.05, 0.1) is 12.7 Å². The van der Waals surface area contributed by atoms with Crippen molar-refractivity contribution in [3.05, 3.63) is 22.3 Å². The van der Waals surface area contributed by atoms with Gasteiger partial charge in [0.1, 0.15) is 5.15 Å². The van der Waals surface area contributed by atoms with Gasteiger partial charge in [0, 0.05) is 5.56 Å². The van der Waals surface area contributed by atoms with Gasteiger partial charge in [-0.3, -0.25) is 0 Å². The van der Waals surface area contributed by atoms with Gasteiger partial charge in [-0.25, -0.2) is 9.78 Å². The minimum Gasteiger partial charge on any atom is -0.481 e. The maximum atomic E-state index is 10.6. The van der Waals surface area contributed by atoms with Crippen LogP contribution in [0.2, 0.25) is 5.15 Å². The largest absolute Gasteiger partial charge is 0.481 e. The Bertz CT molecular complexity index is 351. The molecule has 0 unspecified atom stereocenters. The van der Waals surface area contributed by atoms with E-state index >= 15 is 0 Å². The Morgan fingerprint density at radius 1 is 1.69 bits per heavy atom. The van der Waals surface area contributed by atoms with Gasteiger partial charge in [-0.1, -0.05) is 11.6 Å². The van der Waals surface area contributed by atoms with Gasteiger partial charge in [-0.2, -0.15) is 0 Å². The molecule has 5 heteroatoms. The highest BCUT2D eigenvalue weighted by atomic mass is 35.5. The monoisotopic (exact) mass is 201 g/mol. The standard InChI is InChI=1S/C8H8ClNO3/c1-4-3-5(8(11)12)6(9)10-7(4)13-2/h3H,1-2H3,(H,11,12). The van der Waals surface area contributed by atoms with Crippen molar-refractivity contribution in [1.29, 1.82) is 0 Å². The first-order chi connectivity index (χ1) is 6.06. The number of nitrogens with zero attached hydrogens (tertiary/aromatic N) is 1. The molecule has 0 atom stereocenters. The Labute approximate surface area is 80.1 Å². The number of carboxylic acid groups (broad SMARTS) is 1. The van der Waals surface area contributed by atoms with E-state index in [1.165, 1.54) is 13.2 Å². The zero-order chi connectivity index (χ0) is 10.0. The van der Waals surface area contributed by atoms with Gasteiger partial charge in [0.15, 0.2) is 0 Å². The Balaban J connectivity index is 3.28. The van der Waals surface area contributed by atoms with Crippen molar-refractivity contribution in [2.24, 2.45) is 0 Å². The van der Waals surface area contributed by atoms with Crippen LogP contribution in [0.1, 0.15) is 15.9 Å². The first-order valence-electron chi connectivity index (χ1n) is 3.50. The third-order valence-corrected chi connectivity index (χ3v) is 1.83. The summed E-state index contributed by atoms with van der Waals surface area (Å²) in [6, 6.07) is 1.43. The normalized spacial score (nSPS) is 9.77. The fourth-order valence-corrected chi connectivity index (χ4v) is 1.14. The van der Waals surface area contributed by atoms with Crippen LogP contribution >= 0.6 is 11.6 Å². The van der Waals surface area contributed by atoms with Crippen molar-refractivity contribution in [2.75, 3.05) is 7.11 Å². The number of methoxy groups -OCH3 is 1. The maximum absolute atomic E-state index is 10.6. The van der Waals surface area contributed by atoms with Crippen molar-refractivity contribution in [3.63, 3.8) is 0 Å². The maximum Gasteiger partial charge on any atom is 0.338 e. The van der Waals surface area contributed by atoms with Crippen LogP contribution in [-0.4, -0.2) is 23.2 Å². The van der Waals surface area contributed by atoms with Crippen LogP contribution in [0.25, 0.3) is 0 Å². The average Bonchev–Trinajstić information content (AvgIpc) is 2.07. The lowest BCUT2D eigenvalue weighted by Crippen LogP contribution is -2.02. The second kappa shape index (κ2) is 3.62. The van der Waals surface area contributed by atoms with Crippen molar-refractivity contribution in [3.8, 4) is 5.88 Å². The number of ether oxygens (including phenoxy) is 1. The number of rotatable bonds is 2. The van der Waals surface area contributed by atoms with E-state index < -0.39 is 5.97 Å². The summed E-state index contributed by atoms with van der Waals surface area (Å²) in [5.41, 5.74) is 0.629. The zero-order valence-electron chi connectivity index (χ0n) is 7.17. The molecule has 0 aromatic carbocycles. The van der Waals surface area contributed by atoms with E-state index in [0.29, 0.717) is 11.4 Å². The predicted octanol–water partition coefficient (Wildman–Crippen LogP) is 1.75. The van der Waals surface area contributed by atoms with Gasteiger partial charge in [0.25, 0.3) is 0 Å². The smallest absolute Gasteiger partial charge is 0.338 e. The van der Waals surface area contributed by atoms with Crippen LogP contribution in [0.15, 0.2) is 6.07 Å². The van der Waals surface area contributed by atoms with Gasteiger partial charge in [-0.05, 0) is 13.0 Å². The van der Waals surface area contributed by atoms with Crippen LogP contribution in [0, 0.1) is 6.92 Å². The highest BCUT2D eigenvalue weighted by Gasteiger charge is 2.13. The van der Waals surface area contributed by atoms with Gasteiger partial charge < -0.3 is 9.84 Å². The summed E-state index contributed by atoms with van der Waals surface area (Å²) >= 11 is 5.60. The average molecular weight is 202 g/mol. The molecule has 0 saturated carbocycles. The molecule has 13 heavy (non-hydrogen) atoms. The third kappa shape index (κ3) is 1.89. The summed E-state index contributed by atoms with van der Waals surface area (Å²) in [6.07, 6.45) is 0. The van der Waals surface area contributed by atoms with Crippen LogP contribution in [0.3, 0.4) is 0 Å². The summed E-state index contributed by atoms with van der Waals surface area (Å²) in [7, 11) is 1.45. The zero-order valence-corrected chi connectivity index (χ0v) is 7.92. The molecule has 0 spiro atoms. The second-order valence-corrected chi connectivity index (χ2v) is 2.82. The highest BCUT2D eigenvalue weighted by molar-refractivity contribution is 6.32. The molecule has 0 aliphatic carbocycles. The van der Waals surface area contributed by atoms with Crippen molar-refractivity contribution >= 4 is 17.6 Å². The molecule has 1 N–H and O–H groups in total. The topological polar surface area (TPSA) is 59.4 Å². The molecular formula is C8H8ClNO3. The van der Waals surface area contributed by atoms with Gasteiger partial charge in [-0.15, -0.1) is 0 Å². The van der Waals surface area contributed by atoms with Crippen LogP contribution in [0.4, 0.5) is 0 Å². The number of pyridine rings is 1. The van der Waals surface area contributed by atoms with E-state index in [-0.39, 0.29) is 10.7 Å². The van der Waals surface area contributed by atoms with E-state index in [9.17, 15) is 4.79 Å². The lowest BCUT2D eigenvalue weighted by atomic mass is 10.2. The molecule has 1 aromatic heterocycles. The number of carboxylic acids is 1. The molecule has 70 valence electrons. The number of aromatic carboxylic acids is 1. The number of halogens is 1. The van der Waals surface area contributed by atoms with Gasteiger partial charge >= 0.3 is 5.97 Å². The molecule has 0 aliphatic rings. The van der Waals surface area contributed by atoms with Crippen LogP contribution < -0.4 is 4.74 Å². The van der Waals surface area contributed by atoms with E-state index in [0.717, 1.165) is 0 Å². The summed E-state index contributed by atoms with van der Waals surface area (Å²) < 4.78 is 4.87. The number of carbonyl (C=O) groups is 1. The molecule has 0 saturated heterocycles. The first kappa shape index (κ1) is 9.80. The molecule has 0 amide bonds. The fourth-order valence-electron chi connectivity index (χ4n) is 0.932. The molecule has 1 aromatic rings. The predicted molar refractivity (Wildman–Crippen MR) is 47.5 cm³/mol. The summed E-state index contributed by atoms with van der Waals surface area (Å²) in [6.45, 7) is 1.70. The lowest BCUT2D eigenvalue weighted by Gasteiger charge is -2.05. The minimum absolute atomic E-state index is 0.0139. The highest BCUT2D eigenvalue weighted by Crippen LogP contribution is 2.21. The molecule has 1 heterocycles. The van der Waals surface area contributed by atoms with Crippen LogP contribution in [-0.2, 0) is 0 Å². The summed E-state index contributed by atoms with van der Waals surface area (Å²) in [4.78, 5) is 14.4. The molecule has 0 bridgehead atoms.